The molecule has 0 aliphatic rings. The van der Waals surface area contributed by atoms with E-state index in [1.807, 2.05) is 19.1 Å². The van der Waals surface area contributed by atoms with Crippen LogP contribution in [0.5, 0.6) is 5.75 Å². The number of amides is 1. The zero-order valence-electron chi connectivity index (χ0n) is 13.3. The van der Waals surface area contributed by atoms with Gasteiger partial charge in [0.15, 0.2) is 5.11 Å². The van der Waals surface area contributed by atoms with Gasteiger partial charge in [-0.15, -0.1) is 0 Å². The van der Waals surface area contributed by atoms with Crippen LogP contribution in [0.15, 0.2) is 30.3 Å². The fourth-order valence-corrected chi connectivity index (χ4v) is 3.23. The Hall–Kier alpha value is -2.29. The molecule has 0 atom stereocenters. The first kappa shape index (κ1) is 17.5. The molecule has 1 amide bonds. The third kappa shape index (κ3) is 3.71. The lowest BCUT2D eigenvalue weighted by atomic mass is 10.1. The first-order valence-electron chi connectivity index (χ1n) is 7.17. The van der Waals surface area contributed by atoms with Crippen LogP contribution in [0.2, 0.25) is 5.02 Å². The van der Waals surface area contributed by atoms with Crippen LogP contribution in [-0.4, -0.2) is 26.9 Å². The summed E-state index contributed by atoms with van der Waals surface area (Å²) in [6.45, 7) is 1.93. The number of anilines is 1. The Kier molecular flexibility index (Phi) is 5.12. The summed E-state index contributed by atoms with van der Waals surface area (Å²) in [7, 11) is 1.51. The lowest BCUT2D eigenvalue weighted by Gasteiger charge is -2.12. The molecule has 0 bridgehead atoms. The van der Waals surface area contributed by atoms with Crippen molar-refractivity contribution in [1.82, 2.24) is 14.1 Å². The van der Waals surface area contributed by atoms with Gasteiger partial charge in [0.05, 0.1) is 29.5 Å². The molecule has 0 unspecified atom stereocenters. The average Bonchev–Trinajstić information content (AvgIpc) is 3.06. The maximum Gasteiger partial charge on any atom is 0.257 e. The molecule has 0 radical (unpaired) electrons. The maximum absolute atomic E-state index is 12.3. The number of methoxy groups -OCH3 is 1. The van der Waals surface area contributed by atoms with Crippen molar-refractivity contribution in [3.8, 4) is 5.75 Å². The van der Waals surface area contributed by atoms with Crippen LogP contribution >= 0.6 is 35.5 Å². The van der Waals surface area contributed by atoms with E-state index in [2.05, 4.69) is 19.4 Å². The van der Waals surface area contributed by atoms with Crippen LogP contribution in [0.3, 0.4) is 0 Å². The number of aromatic nitrogens is 2. The van der Waals surface area contributed by atoms with E-state index in [4.69, 9.17) is 28.6 Å². The molecule has 0 spiro atoms. The van der Waals surface area contributed by atoms with Crippen molar-refractivity contribution in [3.05, 3.63) is 46.5 Å². The number of benzene rings is 2. The largest absolute Gasteiger partial charge is 0.495 e. The highest BCUT2D eigenvalue weighted by atomic mass is 35.5. The van der Waals surface area contributed by atoms with Crippen LogP contribution in [0, 0.1) is 6.92 Å². The minimum Gasteiger partial charge on any atom is -0.495 e. The molecule has 3 aromatic rings. The Morgan fingerprint density at radius 1 is 1.28 bits per heavy atom. The molecule has 1 heterocycles. The quantitative estimate of drug-likeness (QED) is 0.660. The number of thiocarbonyl (C=S) groups is 1. The standard InChI is InChI=1S/C16H13ClN4O2S2/c1-8-3-5-11-14(21-25-20-11)13(8)18-16(24)19-15(22)9-4-6-12(23-2)10(17)7-9/h3-7H,1-2H3,(H2,18,19,22,24). The molecule has 2 N–H and O–H groups in total. The second-order valence-corrected chi connectivity index (χ2v) is 6.49. The van der Waals surface area contributed by atoms with Gasteiger partial charge in [0.1, 0.15) is 16.8 Å². The highest BCUT2D eigenvalue weighted by molar-refractivity contribution is 7.80. The summed E-state index contributed by atoms with van der Waals surface area (Å²) in [6.07, 6.45) is 0. The monoisotopic (exact) mass is 392 g/mol. The second kappa shape index (κ2) is 7.30. The van der Waals surface area contributed by atoms with Gasteiger partial charge in [-0.25, -0.2) is 0 Å². The SMILES string of the molecule is COc1ccc(C(=O)NC(=S)Nc2c(C)ccc3nsnc23)cc1Cl. The average molecular weight is 393 g/mol. The number of nitrogens with one attached hydrogen (secondary N) is 2. The maximum atomic E-state index is 12.3. The van der Waals surface area contributed by atoms with E-state index in [-0.39, 0.29) is 11.0 Å². The molecule has 6 nitrogen and oxygen atoms in total. The zero-order chi connectivity index (χ0) is 18.0. The first-order chi connectivity index (χ1) is 12.0. The predicted molar refractivity (Wildman–Crippen MR) is 104 cm³/mol. The van der Waals surface area contributed by atoms with Crippen molar-refractivity contribution < 1.29 is 9.53 Å². The molecule has 0 aliphatic carbocycles. The topological polar surface area (TPSA) is 76.1 Å². The van der Waals surface area contributed by atoms with E-state index in [1.54, 1.807) is 12.1 Å². The lowest BCUT2D eigenvalue weighted by molar-refractivity contribution is 0.0977. The molecule has 25 heavy (non-hydrogen) atoms. The summed E-state index contributed by atoms with van der Waals surface area (Å²) in [5, 5.41) is 6.17. The molecule has 9 heteroatoms. The van der Waals surface area contributed by atoms with Crippen LogP contribution in [0.1, 0.15) is 15.9 Å². The van der Waals surface area contributed by atoms with Gasteiger partial charge in [0.2, 0.25) is 0 Å². The minimum atomic E-state index is -0.372. The number of rotatable bonds is 3. The number of aryl methyl sites for hydroxylation is 1. The second-order valence-electron chi connectivity index (χ2n) is 5.15. The van der Waals surface area contributed by atoms with Gasteiger partial charge in [0, 0.05) is 5.56 Å². The van der Waals surface area contributed by atoms with Crippen LogP contribution < -0.4 is 15.4 Å². The summed E-state index contributed by atoms with van der Waals surface area (Å²) < 4.78 is 13.5. The van der Waals surface area contributed by atoms with Gasteiger partial charge in [-0.3, -0.25) is 10.1 Å². The number of carbonyl (C=O) groups excluding carboxylic acids is 1. The first-order valence-corrected chi connectivity index (χ1v) is 8.69. The highest BCUT2D eigenvalue weighted by Gasteiger charge is 2.14. The number of hydrogen-bond donors (Lipinski definition) is 2. The molecule has 2 aromatic carbocycles. The zero-order valence-corrected chi connectivity index (χ0v) is 15.7. The van der Waals surface area contributed by atoms with Crippen molar-refractivity contribution in [2.24, 2.45) is 0 Å². The van der Waals surface area contributed by atoms with Crippen molar-refractivity contribution in [3.63, 3.8) is 0 Å². The molecule has 1 aromatic heterocycles. The fraction of sp³-hybridized carbons (Fsp3) is 0.125. The molecule has 0 saturated carbocycles. The summed E-state index contributed by atoms with van der Waals surface area (Å²) in [5.74, 6) is 0.125. The van der Waals surface area contributed by atoms with Gasteiger partial charge in [0.25, 0.3) is 5.91 Å². The third-order valence-electron chi connectivity index (χ3n) is 3.52. The Morgan fingerprint density at radius 2 is 2.08 bits per heavy atom. The molecular weight excluding hydrogens is 380 g/mol. The Morgan fingerprint density at radius 3 is 2.80 bits per heavy atom. The molecule has 0 saturated heterocycles. The van der Waals surface area contributed by atoms with Crippen LogP contribution in [0.25, 0.3) is 11.0 Å². The highest BCUT2D eigenvalue weighted by Crippen LogP contribution is 2.26. The molecular formula is C16H13ClN4O2S2. The number of halogens is 1. The van der Waals surface area contributed by atoms with Crippen LogP contribution in [0.4, 0.5) is 5.69 Å². The van der Waals surface area contributed by atoms with Crippen molar-refractivity contribution in [2.45, 2.75) is 6.92 Å². The minimum absolute atomic E-state index is 0.167. The van der Waals surface area contributed by atoms with Crippen molar-refractivity contribution in [1.29, 1.82) is 0 Å². The van der Waals surface area contributed by atoms with Crippen molar-refractivity contribution in [2.75, 3.05) is 12.4 Å². The number of nitrogens with zero attached hydrogens (tertiary/aromatic N) is 2. The van der Waals surface area contributed by atoms with E-state index >= 15 is 0 Å². The van der Waals surface area contributed by atoms with Crippen molar-refractivity contribution >= 4 is 63.3 Å². The molecule has 0 aliphatic heterocycles. The van der Waals surface area contributed by atoms with Gasteiger partial charge in [-0.05, 0) is 49.0 Å². The number of hydrogen-bond acceptors (Lipinski definition) is 6. The van der Waals surface area contributed by atoms with Gasteiger partial charge >= 0.3 is 0 Å². The molecule has 0 fully saturated rings. The fourth-order valence-electron chi connectivity index (χ4n) is 2.24. The van der Waals surface area contributed by atoms with Gasteiger partial charge < -0.3 is 10.1 Å². The smallest absolute Gasteiger partial charge is 0.257 e. The van der Waals surface area contributed by atoms with E-state index in [1.165, 1.54) is 13.2 Å². The normalized spacial score (nSPS) is 10.5. The number of fused-ring (bicyclic) bond motifs is 1. The Balaban J connectivity index is 1.76. The number of carbonyl (C=O) groups is 1. The summed E-state index contributed by atoms with van der Waals surface area (Å²) in [6, 6.07) is 8.56. The van der Waals surface area contributed by atoms with E-state index in [0.717, 1.165) is 28.5 Å². The summed E-state index contributed by atoms with van der Waals surface area (Å²) in [4.78, 5) is 12.3. The predicted octanol–water partition coefficient (Wildman–Crippen LogP) is 3.79. The van der Waals surface area contributed by atoms with E-state index in [9.17, 15) is 4.79 Å². The summed E-state index contributed by atoms with van der Waals surface area (Å²) in [5.41, 5.74) is 3.54. The lowest BCUT2D eigenvalue weighted by Crippen LogP contribution is -2.34. The summed E-state index contributed by atoms with van der Waals surface area (Å²) >= 11 is 12.4. The van der Waals surface area contributed by atoms with E-state index < -0.39 is 0 Å². The third-order valence-corrected chi connectivity index (χ3v) is 4.56. The van der Waals surface area contributed by atoms with Gasteiger partial charge in [-0.1, -0.05) is 17.7 Å². The number of ether oxygens (including phenoxy) is 1. The van der Waals surface area contributed by atoms with Crippen LogP contribution in [-0.2, 0) is 0 Å². The molecule has 3 rings (SSSR count). The van der Waals surface area contributed by atoms with Gasteiger partial charge in [-0.2, -0.15) is 8.75 Å². The molecule has 128 valence electrons. The Labute approximate surface area is 158 Å². The van der Waals surface area contributed by atoms with E-state index in [0.29, 0.717) is 21.9 Å². The Bertz CT molecular complexity index is 974.